The standard InChI is InChI=1S/C16H23BrN2O2/c1-18-11-13-4-3-9-19(13)16(20)8-6-12-5-7-15(21-2)14(17)10-12/h5,7,10,13,18H,3-4,6,8-9,11H2,1-2H3/t13-/m0/s1. The molecule has 1 heterocycles. The van der Waals surface area contributed by atoms with Gasteiger partial charge in [0.25, 0.3) is 0 Å². The molecule has 0 saturated carbocycles. The summed E-state index contributed by atoms with van der Waals surface area (Å²) in [6.07, 6.45) is 3.57. The van der Waals surface area contributed by atoms with Crippen molar-refractivity contribution in [3.63, 3.8) is 0 Å². The number of methoxy groups -OCH3 is 1. The fraction of sp³-hybridized carbons (Fsp3) is 0.562. The zero-order valence-corrected chi connectivity index (χ0v) is 14.3. The second kappa shape index (κ2) is 7.80. The van der Waals surface area contributed by atoms with E-state index in [0.29, 0.717) is 12.5 Å². The van der Waals surface area contributed by atoms with Crippen molar-refractivity contribution in [1.82, 2.24) is 10.2 Å². The van der Waals surface area contributed by atoms with Gasteiger partial charge in [0.05, 0.1) is 11.6 Å². The maximum atomic E-state index is 12.4. The molecule has 0 aromatic heterocycles. The molecule has 0 spiro atoms. The number of carbonyl (C=O) groups excluding carboxylic acids is 1. The van der Waals surface area contributed by atoms with Crippen LogP contribution in [0.2, 0.25) is 0 Å². The number of hydrogen-bond acceptors (Lipinski definition) is 3. The Hall–Kier alpha value is -1.07. The van der Waals surface area contributed by atoms with Crippen molar-refractivity contribution in [2.45, 2.75) is 31.7 Å². The lowest BCUT2D eigenvalue weighted by atomic mass is 10.1. The summed E-state index contributed by atoms with van der Waals surface area (Å²) in [7, 11) is 3.59. The number of amides is 1. The van der Waals surface area contributed by atoms with Crippen LogP contribution in [0.15, 0.2) is 22.7 Å². The fourth-order valence-corrected chi connectivity index (χ4v) is 3.46. The van der Waals surface area contributed by atoms with Crippen molar-refractivity contribution in [3.8, 4) is 5.75 Å². The molecule has 1 aliphatic heterocycles. The van der Waals surface area contributed by atoms with E-state index in [1.165, 1.54) is 0 Å². The van der Waals surface area contributed by atoms with Crippen LogP contribution in [0.3, 0.4) is 0 Å². The number of hydrogen-bond donors (Lipinski definition) is 1. The average Bonchev–Trinajstić information content (AvgIpc) is 2.93. The fourth-order valence-electron chi connectivity index (χ4n) is 2.87. The molecule has 0 bridgehead atoms. The third-order valence-electron chi connectivity index (χ3n) is 3.98. The lowest BCUT2D eigenvalue weighted by Gasteiger charge is -2.24. The summed E-state index contributed by atoms with van der Waals surface area (Å²) < 4.78 is 6.15. The topological polar surface area (TPSA) is 41.6 Å². The highest BCUT2D eigenvalue weighted by atomic mass is 79.9. The molecule has 5 heteroatoms. The van der Waals surface area contributed by atoms with Gasteiger partial charge in [0, 0.05) is 25.6 Å². The summed E-state index contributed by atoms with van der Waals surface area (Å²) in [6, 6.07) is 6.35. The zero-order valence-electron chi connectivity index (χ0n) is 12.7. The first kappa shape index (κ1) is 16.3. The van der Waals surface area contributed by atoms with Gasteiger partial charge >= 0.3 is 0 Å². The predicted molar refractivity (Wildman–Crippen MR) is 87.7 cm³/mol. The SMILES string of the molecule is CNC[C@@H]1CCCN1C(=O)CCc1ccc(OC)c(Br)c1. The molecule has 1 atom stereocenters. The lowest BCUT2D eigenvalue weighted by Crippen LogP contribution is -2.40. The Morgan fingerprint density at radius 2 is 2.33 bits per heavy atom. The van der Waals surface area contributed by atoms with E-state index in [2.05, 4.69) is 21.2 Å². The van der Waals surface area contributed by atoms with Gasteiger partial charge in [0.2, 0.25) is 5.91 Å². The Labute approximate surface area is 135 Å². The highest BCUT2D eigenvalue weighted by Crippen LogP contribution is 2.26. The van der Waals surface area contributed by atoms with Crippen LogP contribution < -0.4 is 10.1 Å². The quantitative estimate of drug-likeness (QED) is 0.853. The van der Waals surface area contributed by atoms with E-state index in [-0.39, 0.29) is 5.91 Å². The Bertz CT molecular complexity index is 493. The zero-order chi connectivity index (χ0) is 15.2. The second-order valence-corrected chi connectivity index (χ2v) is 6.26. The molecule has 0 unspecified atom stereocenters. The molecule has 116 valence electrons. The van der Waals surface area contributed by atoms with Gasteiger partial charge in [-0.25, -0.2) is 0 Å². The Balaban J connectivity index is 1.90. The number of ether oxygens (including phenoxy) is 1. The molecular formula is C16H23BrN2O2. The van der Waals surface area contributed by atoms with Crippen LogP contribution in [-0.2, 0) is 11.2 Å². The van der Waals surface area contributed by atoms with Crippen molar-refractivity contribution in [3.05, 3.63) is 28.2 Å². The molecule has 1 saturated heterocycles. The number of aryl methyl sites for hydroxylation is 1. The first-order valence-electron chi connectivity index (χ1n) is 7.42. The summed E-state index contributed by atoms with van der Waals surface area (Å²) in [5, 5.41) is 3.17. The van der Waals surface area contributed by atoms with Crippen LogP contribution in [0, 0.1) is 0 Å². The number of likely N-dealkylation sites (N-methyl/N-ethyl adjacent to an activating group) is 1. The van der Waals surface area contributed by atoms with E-state index in [9.17, 15) is 4.79 Å². The summed E-state index contributed by atoms with van der Waals surface area (Å²) in [5.41, 5.74) is 1.15. The van der Waals surface area contributed by atoms with Gasteiger partial charge in [0.15, 0.2) is 0 Å². The highest BCUT2D eigenvalue weighted by Gasteiger charge is 2.27. The van der Waals surface area contributed by atoms with Crippen LogP contribution in [0.4, 0.5) is 0 Å². The third-order valence-corrected chi connectivity index (χ3v) is 4.60. The Kier molecular flexibility index (Phi) is 6.06. The average molecular weight is 355 g/mol. The number of rotatable bonds is 6. The number of benzene rings is 1. The summed E-state index contributed by atoms with van der Waals surface area (Å²) in [5.74, 6) is 1.08. The molecule has 1 aliphatic rings. The largest absolute Gasteiger partial charge is 0.496 e. The van der Waals surface area contributed by atoms with Crippen LogP contribution in [0.1, 0.15) is 24.8 Å². The number of halogens is 1. The van der Waals surface area contributed by atoms with Crippen LogP contribution >= 0.6 is 15.9 Å². The van der Waals surface area contributed by atoms with E-state index in [0.717, 1.165) is 48.1 Å². The first-order chi connectivity index (χ1) is 10.2. The minimum Gasteiger partial charge on any atom is -0.496 e. The first-order valence-corrected chi connectivity index (χ1v) is 8.21. The van der Waals surface area contributed by atoms with Crippen molar-refractivity contribution < 1.29 is 9.53 Å². The Morgan fingerprint density at radius 3 is 3.00 bits per heavy atom. The van der Waals surface area contributed by atoms with Crippen molar-refractivity contribution in [2.24, 2.45) is 0 Å². The van der Waals surface area contributed by atoms with Gasteiger partial charge in [-0.1, -0.05) is 6.07 Å². The van der Waals surface area contributed by atoms with Crippen molar-refractivity contribution in [2.75, 3.05) is 27.2 Å². The molecule has 1 amide bonds. The molecule has 1 aromatic carbocycles. The normalized spacial score (nSPS) is 18.0. The van der Waals surface area contributed by atoms with Gasteiger partial charge < -0.3 is 15.0 Å². The minimum atomic E-state index is 0.264. The maximum absolute atomic E-state index is 12.4. The van der Waals surface area contributed by atoms with Crippen LogP contribution in [0.5, 0.6) is 5.75 Å². The highest BCUT2D eigenvalue weighted by molar-refractivity contribution is 9.10. The van der Waals surface area contributed by atoms with Gasteiger partial charge in [-0.15, -0.1) is 0 Å². The van der Waals surface area contributed by atoms with E-state index in [1.54, 1.807) is 7.11 Å². The van der Waals surface area contributed by atoms with E-state index in [4.69, 9.17) is 4.74 Å². The van der Waals surface area contributed by atoms with Gasteiger partial charge in [-0.2, -0.15) is 0 Å². The van der Waals surface area contributed by atoms with Crippen LogP contribution in [0.25, 0.3) is 0 Å². The summed E-state index contributed by atoms with van der Waals surface area (Å²) in [4.78, 5) is 14.4. The summed E-state index contributed by atoms with van der Waals surface area (Å²) in [6.45, 7) is 1.79. The second-order valence-electron chi connectivity index (χ2n) is 5.41. The van der Waals surface area contributed by atoms with Gasteiger partial charge in [-0.3, -0.25) is 4.79 Å². The molecule has 21 heavy (non-hydrogen) atoms. The maximum Gasteiger partial charge on any atom is 0.223 e. The van der Waals surface area contributed by atoms with E-state index >= 15 is 0 Å². The van der Waals surface area contributed by atoms with E-state index in [1.807, 2.05) is 30.1 Å². The van der Waals surface area contributed by atoms with E-state index < -0.39 is 0 Å². The van der Waals surface area contributed by atoms with Crippen LogP contribution in [-0.4, -0.2) is 44.1 Å². The molecule has 1 N–H and O–H groups in total. The number of carbonyl (C=O) groups is 1. The molecule has 0 radical (unpaired) electrons. The van der Waals surface area contributed by atoms with Crippen molar-refractivity contribution >= 4 is 21.8 Å². The third kappa shape index (κ3) is 4.20. The number of nitrogens with zero attached hydrogens (tertiary/aromatic N) is 1. The molecular weight excluding hydrogens is 332 g/mol. The molecule has 4 nitrogen and oxygen atoms in total. The monoisotopic (exact) mass is 354 g/mol. The van der Waals surface area contributed by atoms with Crippen molar-refractivity contribution in [1.29, 1.82) is 0 Å². The van der Waals surface area contributed by atoms with Gasteiger partial charge in [0.1, 0.15) is 5.75 Å². The minimum absolute atomic E-state index is 0.264. The molecule has 2 rings (SSSR count). The molecule has 0 aliphatic carbocycles. The van der Waals surface area contributed by atoms with Gasteiger partial charge in [-0.05, 0) is 59.9 Å². The smallest absolute Gasteiger partial charge is 0.223 e. The molecule has 1 aromatic rings. The molecule has 1 fully saturated rings. The predicted octanol–water partition coefficient (Wildman–Crippen LogP) is 2.60. The lowest BCUT2D eigenvalue weighted by molar-refractivity contribution is -0.131. The number of nitrogens with one attached hydrogen (secondary N) is 1. The number of likely N-dealkylation sites (tertiary alicyclic amines) is 1. The summed E-state index contributed by atoms with van der Waals surface area (Å²) >= 11 is 3.48. The Morgan fingerprint density at radius 1 is 1.52 bits per heavy atom.